The molecule has 0 spiro atoms. The minimum atomic E-state index is -1.05. The van der Waals surface area contributed by atoms with E-state index in [0.29, 0.717) is 32.0 Å². The number of nitrogens with zero attached hydrogens (tertiary/aromatic N) is 1. The smallest absolute Gasteiger partial charge is 0.335 e. The molecule has 4 rings (SSSR count). The highest BCUT2D eigenvalue weighted by atomic mass is 32.2. The van der Waals surface area contributed by atoms with Crippen molar-refractivity contribution in [3.8, 4) is 11.5 Å². The van der Waals surface area contributed by atoms with Crippen molar-refractivity contribution in [2.75, 3.05) is 12.0 Å². The van der Waals surface area contributed by atoms with Crippen LogP contribution in [0.4, 0.5) is 10.1 Å². The number of benzene rings is 3. The van der Waals surface area contributed by atoms with E-state index in [1.165, 1.54) is 36.3 Å². The lowest BCUT2D eigenvalue weighted by Gasteiger charge is -2.14. The highest BCUT2D eigenvalue weighted by molar-refractivity contribution is 8.27. The molecule has 3 aromatic rings. The maximum Gasteiger partial charge on any atom is 0.335 e. The molecule has 1 saturated heterocycles. The topological polar surface area (TPSA) is 76.1 Å². The average Bonchev–Trinajstić information content (AvgIpc) is 3.11. The number of halogens is 1. The number of carbonyl (C=O) groups is 2. The van der Waals surface area contributed by atoms with Gasteiger partial charge >= 0.3 is 5.97 Å². The summed E-state index contributed by atoms with van der Waals surface area (Å²) in [5.74, 6) is -0.663. The van der Waals surface area contributed by atoms with Crippen LogP contribution in [0.15, 0.2) is 71.6 Å². The van der Waals surface area contributed by atoms with E-state index < -0.39 is 5.97 Å². The van der Waals surface area contributed by atoms with E-state index in [2.05, 4.69) is 0 Å². The van der Waals surface area contributed by atoms with Gasteiger partial charge in [-0.2, -0.15) is 0 Å². The van der Waals surface area contributed by atoms with Crippen LogP contribution in [-0.2, 0) is 11.4 Å². The Hall–Kier alpha value is -3.69. The quantitative estimate of drug-likeness (QED) is 0.342. The molecule has 1 fully saturated rings. The lowest BCUT2D eigenvalue weighted by atomic mass is 10.1. The number of anilines is 1. The standard InChI is InChI=1S/C25H18FNO5S2/c1-31-21-12-16(4-11-20(21)32-14-15-2-7-18(26)8-3-15)13-22-23(28)27(25(33)34-22)19-9-5-17(6-10-19)24(29)30/h2-13H,14H2,1H3,(H,29,30)/b22-13-. The second-order valence-electron chi connectivity index (χ2n) is 7.19. The molecule has 0 bridgehead atoms. The summed E-state index contributed by atoms with van der Waals surface area (Å²) in [6.07, 6.45) is 1.71. The Balaban J connectivity index is 1.51. The summed E-state index contributed by atoms with van der Waals surface area (Å²) in [5.41, 5.74) is 2.15. The first-order chi connectivity index (χ1) is 16.4. The zero-order chi connectivity index (χ0) is 24.2. The van der Waals surface area contributed by atoms with Crippen LogP contribution in [0.25, 0.3) is 6.08 Å². The van der Waals surface area contributed by atoms with Crippen LogP contribution >= 0.6 is 24.0 Å². The second-order valence-corrected chi connectivity index (χ2v) is 8.87. The maximum atomic E-state index is 13.1. The van der Waals surface area contributed by atoms with E-state index in [9.17, 15) is 14.0 Å². The van der Waals surface area contributed by atoms with Crippen molar-refractivity contribution in [2.24, 2.45) is 0 Å². The molecule has 1 aliphatic rings. The summed E-state index contributed by atoms with van der Waals surface area (Å²) in [6.45, 7) is 0.245. The summed E-state index contributed by atoms with van der Waals surface area (Å²) >= 11 is 6.54. The van der Waals surface area contributed by atoms with Gasteiger partial charge in [0.25, 0.3) is 5.91 Å². The summed E-state index contributed by atoms with van der Waals surface area (Å²) in [6, 6.07) is 17.3. The first-order valence-electron chi connectivity index (χ1n) is 10.0. The van der Waals surface area contributed by atoms with E-state index in [4.69, 9.17) is 26.8 Å². The Morgan fingerprint density at radius 1 is 1.09 bits per heavy atom. The van der Waals surface area contributed by atoms with Crippen LogP contribution in [0, 0.1) is 5.82 Å². The van der Waals surface area contributed by atoms with Crippen LogP contribution in [0.5, 0.6) is 11.5 Å². The summed E-state index contributed by atoms with van der Waals surface area (Å²) in [5, 5.41) is 9.06. The fourth-order valence-electron chi connectivity index (χ4n) is 3.23. The van der Waals surface area contributed by atoms with Gasteiger partial charge in [-0.1, -0.05) is 42.2 Å². The zero-order valence-electron chi connectivity index (χ0n) is 17.9. The van der Waals surface area contributed by atoms with E-state index >= 15 is 0 Å². The number of aromatic carboxylic acids is 1. The van der Waals surface area contributed by atoms with E-state index in [-0.39, 0.29) is 23.9 Å². The highest BCUT2D eigenvalue weighted by Gasteiger charge is 2.33. The number of hydrogen-bond donors (Lipinski definition) is 1. The number of amides is 1. The van der Waals surface area contributed by atoms with Crippen molar-refractivity contribution in [1.29, 1.82) is 0 Å². The van der Waals surface area contributed by atoms with Crippen LogP contribution in [-0.4, -0.2) is 28.4 Å². The Morgan fingerprint density at radius 2 is 1.79 bits per heavy atom. The van der Waals surface area contributed by atoms with Crippen molar-refractivity contribution in [3.05, 3.63) is 94.1 Å². The van der Waals surface area contributed by atoms with Gasteiger partial charge in [0.2, 0.25) is 0 Å². The van der Waals surface area contributed by atoms with Gasteiger partial charge in [0.15, 0.2) is 15.8 Å². The van der Waals surface area contributed by atoms with Crippen LogP contribution in [0.3, 0.4) is 0 Å². The Kier molecular flexibility index (Phi) is 6.95. The van der Waals surface area contributed by atoms with Crippen LogP contribution in [0.2, 0.25) is 0 Å². The molecule has 1 aliphatic heterocycles. The van der Waals surface area contributed by atoms with Crippen molar-refractivity contribution in [3.63, 3.8) is 0 Å². The lowest BCUT2D eigenvalue weighted by molar-refractivity contribution is -0.113. The van der Waals surface area contributed by atoms with Crippen LogP contribution in [0.1, 0.15) is 21.5 Å². The predicted molar refractivity (Wildman–Crippen MR) is 133 cm³/mol. The van der Waals surface area contributed by atoms with Gasteiger partial charge in [-0.15, -0.1) is 0 Å². The molecular weight excluding hydrogens is 477 g/mol. The number of ether oxygens (including phenoxy) is 2. The minimum absolute atomic E-state index is 0.124. The fourth-order valence-corrected chi connectivity index (χ4v) is 4.53. The third kappa shape index (κ3) is 5.11. The van der Waals surface area contributed by atoms with E-state index in [1.807, 2.05) is 0 Å². The molecule has 0 radical (unpaired) electrons. The number of carboxylic acid groups (broad SMARTS) is 1. The molecule has 0 atom stereocenters. The van der Waals surface area contributed by atoms with Gasteiger partial charge in [-0.3, -0.25) is 9.69 Å². The number of thioether (sulfide) groups is 1. The lowest BCUT2D eigenvalue weighted by Crippen LogP contribution is -2.27. The molecule has 6 nitrogen and oxygen atoms in total. The molecule has 0 aliphatic carbocycles. The largest absolute Gasteiger partial charge is 0.493 e. The third-order valence-electron chi connectivity index (χ3n) is 4.96. The number of methoxy groups -OCH3 is 1. The van der Waals surface area contributed by atoms with Crippen LogP contribution < -0.4 is 14.4 Å². The van der Waals surface area contributed by atoms with Gasteiger partial charge in [0, 0.05) is 0 Å². The predicted octanol–water partition coefficient (Wildman–Crippen LogP) is 5.52. The van der Waals surface area contributed by atoms with Gasteiger partial charge < -0.3 is 14.6 Å². The fraction of sp³-hybridized carbons (Fsp3) is 0.0800. The normalized spacial score (nSPS) is 14.5. The molecule has 0 saturated carbocycles. The molecule has 0 unspecified atom stereocenters. The molecule has 172 valence electrons. The van der Waals surface area contributed by atoms with Gasteiger partial charge in [0.1, 0.15) is 12.4 Å². The first-order valence-corrected chi connectivity index (χ1v) is 11.2. The van der Waals surface area contributed by atoms with Gasteiger partial charge in [0.05, 0.1) is 23.3 Å². The van der Waals surface area contributed by atoms with Gasteiger partial charge in [-0.05, 0) is 65.7 Å². The average molecular weight is 496 g/mol. The molecular formula is C25H18FNO5S2. The SMILES string of the molecule is COc1cc(/C=C2\SC(=S)N(c3ccc(C(=O)O)cc3)C2=O)ccc1OCc1ccc(F)cc1. The maximum absolute atomic E-state index is 13.1. The van der Waals surface area contributed by atoms with E-state index in [0.717, 1.165) is 17.3 Å². The molecule has 1 heterocycles. The summed E-state index contributed by atoms with van der Waals surface area (Å²) < 4.78 is 24.7. The van der Waals surface area contributed by atoms with Crippen molar-refractivity contribution in [2.45, 2.75) is 6.61 Å². The number of carbonyl (C=O) groups excluding carboxylic acids is 1. The Bertz CT molecular complexity index is 1290. The van der Waals surface area contributed by atoms with Crippen molar-refractivity contribution < 1.29 is 28.6 Å². The number of rotatable bonds is 7. The van der Waals surface area contributed by atoms with Gasteiger partial charge in [-0.25, -0.2) is 9.18 Å². The molecule has 3 aromatic carbocycles. The minimum Gasteiger partial charge on any atom is -0.493 e. The summed E-state index contributed by atoms with van der Waals surface area (Å²) in [4.78, 5) is 25.9. The monoisotopic (exact) mass is 495 g/mol. The second kappa shape index (κ2) is 10.1. The van der Waals surface area contributed by atoms with Crippen molar-refractivity contribution in [1.82, 2.24) is 0 Å². The van der Waals surface area contributed by atoms with E-state index in [1.54, 1.807) is 48.5 Å². The molecule has 0 aromatic heterocycles. The molecule has 9 heteroatoms. The molecule has 1 amide bonds. The number of hydrogen-bond acceptors (Lipinski definition) is 6. The number of carboxylic acids is 1. The third-order valence-corrected chi connectivity index (χ3v) is 6.26. The Labute approximate surface area is 204 Å². The summed E-state index contributed by atoms with van der Waals surface area (Å²) in [7, 11) is 1.52. The molecule has 34 heavy (non-hydrogen) atoms. The highest BCUT2D eigenvalue weighted by Crippen LogP contribution is 2.37. The number of thiocarbonyl (C=S) groups is 1. The Morgan fingerprint density at radius 3 is 2.44 bits per heavy atom. The first kappa shape index (κ1) is 23.5. The molecule has 1 N–H and O–H groups in total. The van der Waals surface area contributed by atoms with Crippen molar-refractivity contribution >= 4 is 51.9 Å². The zero-order valence-corrected chi connectivity index (χ0v) is 19.5.